The molecule has 0 amide bonds. The van der Waals surface area contributed by atoms with E-state index in [1.54, 1.807) is 24.9 Å². The molecule has 7 nitrogen and oxygen atoms in total. The van der Waals surface area contributed by atoms with E-state index in [2.05, 4.69) is 28.9 Å². The number of aromatic nitrogens is 4. The van der Waals surface area contributed by atoms with Crippen molar-refractivity contribution in [1.29, 1.82) is 0 Å². The van der Waals surface area contributed by atoms with E-state index in [1.807, 2.05) is 0 Å². The molecule has 0 aliphatic heterocycles. The van der Waals surface area contributed by atoms with Gasteiger partial charge in [0, 0.05) is 24.4 Å². The molecule has 0 saturated heterocycles. The van der Waals surface area contributed by atoms with Gasteiger partial charge >= 0.3 is 5.97 Å². The Bertz CT molecular complexity index is 764. The van der Waals surface area contributed by atoms with Crippen molar-refractivity contribution in [3.8, 4) is 11.4 Å². The van der Waals surface area contributed by atoms with Crippen molar-refractivity contribution in [3.05, 3.63) is 23.0 Å². The smallest absolute Gasteiger partial charge is 0.359 e. The van der Waals surface area contributed by atoms with Gasteiger partial charge in [0.2, 0.25) is 5.95 Å². The standard InChI is InChI=1S/C15H19N5O2/c1-5-22-13(21)10-8-6-15(2,3)9-7-17-14(16)18-11(9)12(8)20(4)19-10/h7H,5-6H2,1-4H3,(H2,16,17,18). The third kappa shape index (κ3) is 2.04. The lowest BCUT2D eigenvalue weighted by Gasteiger charge is -2.31. The molecule has 0 saturated carbocycles. The van der Waals surface area contributed by atoms with E-state index in [0.29, 0.717) is 18.7 Å². The van der Waals surface area contributed by atoms with E-state index in [-0.39, 0.29) is 11.4 Å². The molecular weight excluding hydrogens is 282 g/mol. The highest BCUT2D eigenvalue weighted by Gasteiger charge is 2.38. The van der Waals surface area contributed by atoms with Crippen LogP contribution in [0.15, 0.2) is 6.20 Å². The molecular formula is C15H19N5O2. The Morgan fingerprint density at radius 1 is 1.50 bits per heavy atom. The Kier molecular flexibility index (Phi) is 3.16. The first-order chi connectivity index (χ1) is 10.3. The van der Waals surface area contributed by atoms with Gasteiger partial charge in [-0.1, -0.05) is 13.8 Å². The summed E-state index contributed by atoms with van der Waals surface area (Å²) in [4.78, 5) is 20.7. The van der Waals surface area contributed by atoms with Crippen LogP contribution < -0.4 is 5.73 Å². The largest absolute Gasteiger partial charge is 0.461 e. The normalized spacial score (nSPS) is 15.1. The Hall–Kier alpha value is -2.44. The van der Waals surface area contributed by atoms with Crippen LogP contribution in [0.5, 0.6) is 0 Å². The van der Waals surface area contributed by atoms with Crippen molar-refractivity contribution in [2.24, 2.45) is 7.05 Å². The summed E-state index contributed by atoms with van der Waals surface area (Å²) in [6, 6.07) is 0. The zero-order valence-corrected chi connectivity index (χ0v) is 13.2. The summed E-state index contributed by atoms with van der Waals surface area (Å²) in [7, 11) is 1.79. The number of nitrogen functional groups attached to an aromatic ring is 1. The van der Waals surface area contributed by atoms with Crippen LogP contribution in [0.25, 0.3) is 11.4 Å². The van der Waals surface area contributed by atoms with Gasteiger partial charge in [0.25, 0.3) is 0 Å². The number of aryl methyl sites for hydroxylation is 1. The molecule has 2 aromatic heterocycles. The van der Waals surface area contributed by atoms with E-state index in [9.17, 15) is 4.79 Å². The minimum atomic E-state index is -0.402. The summed E-state index contributed by atoms with van der Waals surface area (Å²) < 4.78 is 6.78. The van der Waals surface area contributed by atoms with Crippen molar-refractivity contribution in [1.82, 2.24) is 19.7 Å². The summed E-state index contributed by atoms with van der Waals surface area (Å²) in [5.41, 5.74) is 9.31. The molecule has 2 aromatic rings. The van der Waals surface area contributed by atoms with Crippen LogP contribution in [-0.2, 0) is 23.6 Å². The molecule has 0 fully saturated rings. The average Bonchev–Trinajstić information content (AvgIpc) is 2.75. The van der Waals surface area contributed by atoms with Gasteiger partial charge in [0.1, 0.15) is 0 Å². The highest BCUT2D eigenvalue weighted by molar-refractivity contribution is 5.92. The van der Waals surface area contributed by atoms with E-state index in [4.69, 9.17) is 10.5 Å². The van der Waals surface area contributed by atoms with Gasteiger partial charge in [-0.25, -0.2) is 14.8 Å². The predicted molar refractivity (Wildman–Crippen MR) is 81.3 cm³/mol. The minimum Gasteiger partial charge on any atom is -0.461 e. The highest BCUT2D eigenvalue weighted by atomic mass is 16.5. The first kappa shape index (κ1) is 14.5. The molecule has 2 N–H and O–H groups in total. The third-order valence-electron chi connectivity index (χ3n) is 3.99. The number of carbonyl (C=O) groups excluding carboxylic acids is 1. The van der Waals surface area contributed by atoms with Crippen LogP contribution in [0.2, 0.25) is 0 Å². The molecule has 7 heteroatoms. The molecule has 1 aliphatic carbocycles. The second-order valence-electron chi connectivity index (χ2n) is 6.07. The second-order valence-corrected chi connectivity index (χ2v) is 6.07. The Balaban J connectivity index is 2.26. The zero-order valence-electron chi connectivity index (χ0n) is 13.2. The maximum atomic E-state index is 12.2. The molecule has 0 bridgehead atoms. The fourth-order valence-corrected chi connectivity index (χ4v) is 3.00. The van der Waals surface area contributed by atoms with Gasteiger partial charge in [-0.2, -0.15) is 5.10 Å². The van der Waals surface area contributed by atoms with Crippen LogP contribution in [0.4, 0.5) is 5.95 Å². The van der Waals surface area contributed by atoms with Gasteiger partial charge in [-0.3, -0.25) is 4.68 Å². The summed E-state index contributed by atoms with van der Waals surface area (Å²) in [5.74, 6) is -0.193. The number of esters is 1. The molecule has 22 heavy (non-hydrogen) atoms. The van der Waals surface area contributed by atoms with Crippen molar-refractivity contribution in [3.63, 3.8) is 0 Å². The van der Waals surface area contributed by atoms with Crippen LogP contribution in [0.1, 0.15) is 42.4 Å². The lowest BCUT2D eigenvalue weighted by molar-refractivity contribution is 0.0517. The second kappa shape index (κ2) is 4.79. The quantitative estimate of drug-likeness (QED) is 0.844. The minimum absolute atomic E-state index is 0.208. The Morgan fingerprint density at radius 2 is 2.23 bits per heavy atom. The fourth-order valence-electron chi connectivity index (χ4n) is 3.00. The molecule has 0 aromatic carbocycles. The maximum absolute atomic E-state index is 12.2. The van der Waals surface area contributed by atoms with E-state index < -0.39 is 5.97 Å². The highest BCUT2D eigenvalue weighted by Crippen LogP contribution is 2.42. The summed E-state index contributed by atoms with van der Waals surface area (Å²) >= 11 is 0. The predicted octanol–water partition coefficient (Wildman–Crippen LogP) is 1.47. The molecule has 2 heterocycles. The molecule has 3 rings (SSSR count). The first-order valence-electron chi connectivity index (χ1n) is 7.21. The van der Waals surface area contributed by atoms with Crippen molar-refractivity contribution >= 4 is 11.9 Å². The summed E-state index contributed by atoms with van der Waals surface area (Å²) in [6.07, 6.45) is 2.43. The number of carbonyl (C=O) groups is 1. The van der Waals surface area contributed by atoms with Gasteiger partial charge in [-0.15, -0.1) is 0 Å². The number of fused-ring (bicyclic) bond motifs is 3. The van der Waals surface area contributed by atoms with Crippen LogP contribution in [0, 0.1) is 0 Å². The topological polar surface area (TPSA) is 95.9 Å². The number of hydrogen-bond acceptors (Lipinski definition) is 6. The fraction of sp³-hybridized carbons (Fsp3) is 0.467. The van der Waals surface area contributed by atoms with Crippen LogP contribution in [0.3, 0.4) is 0 Å². The van der Waals surface area contributed by atoms with Crippen molar-refractivity contribution in [2.45, 2.75) is 32.6 Å². The number of nitrogens with two attached hydrogens (primary N) is 1. The number of ether oxygens (including phenoxy) is 1. The van der Waals surface area contributed by atoms with Crippen LogP contribution in [-0.4, -0.2) is 32.3 Å². The van der Waals surface area contributed by atoms with Crippen molar-refractivity contribution in [2.75, 3.05) is 12.3 Å². The lowest BCUT2D eigenvalue weighted by Crippen LogP contribution is -2.28. The van der Waals surface area contributed by atoms with Crippen molar-refractivity contribution < 1.29 is 9.53 Å². The maximum Gasteiger partial charge on any atom is 0.359 e. The SMILES string of the molecule is CCOC(=O)c1nn(C)c2c1CC(C)(C)c1cnc(N)nc1-2. The molecule has 0 atom stereocenters. The lowest BCUT2D eigenvalue weighted by atomic mass is 9.73. The number of anilines is 1. The monoisotopic (exact) mass is 301 g/mol. The third-order valence-corrected chi connectivity index (χ3v) is 3.99. The molecule has 0 spiro atoms. The molecule has 0 radical (unpaired) electrons. The molecule has 0 unspecified atom stereocenters. The zero-order chi connectivity index (χ0) is 16.1. The number of hydrogen-bond donors (Lipinski definition) is 1. The average molecular weight is 301 g/mol. The Morgan fingerprint density at radius 3 is 2.91 bits per heavy atom. The number of rotatable bonds is 2. The molecule has 1 aliphatic rings. The van der Waals surface area contributed by atoms with E-state index >= 15 is 0 Å². The van der Waals surface area contributed by atoms with Gasteiger partial charge in [-0.05, 0) is 18.8 Å². The van der Waals surface area contributed by atoms with Gasteiger partial charge in [0.15, 0.2) is 5.69 Å². The van der Waals surface area contributed by atoms with E-state index in [0.717, 1.165) is 22.5 Å². The summed E-state index contributed by atoms with van der Waals surface area (Å²) in [5, 5.41) is 4.35. The van der Waals surface area contributed by atoms with E-state index in [1.165, 1.54) is 0 Å². The molecule has 116 valence electrons. The van der Waals surface area contributed by atoms with Crippen LogP contribution >= 0.6 is 0 Å². The Labute approximate surface area is 128 Å². The first-order valence-corrected chi connectivity index (χ1v) is 7.21. The van der Waals surface area contributed by atoms with Gasteiger partial charge in [0.05, 0.1) is 18.0 Å². The number of nitrogens with zero attached hydrogens (tertiary/aromatic N) is 4. The summed E-state index contributed by atoms with van der Waals surface area (Å²) in [6.45, 7) is 6.28. The van der Waals surface area contributed by atoms with Gasteiger partial charge < -0.3 is 10.5 Å².